The third-order valence-electron chi connectivity index (χ3n) is 2.59. The monoisotopic (exact) mass is 279 g/mol. The minimum absolute atomic E-state index is 0.0664. The number of carbonyl (C=O) groups is 2. The molecule has 0 aliphatic carbocycles. The number of rotatable bonds is 4. The summed E-state index contributed by atoms with van der Waals surface area (Å²) in [7, 11) is 2.44. The number of esters is 2. The molecule has 0 N–H and O–H groups in total. The van der Waals surface area contributed by atoms with Crippen LogP contribution in [0.5, 0.6) is 11.5 Å². The lowest BCUT2D eigenvalue weighted by atomic mass is 10.2. The summed E-state index contributed by atoms with van der Waals surface area (Å²) in [6.07, 6.45) is -0.284. The molecule has 0 fully saturated rings. The molecule has 0 atom stereocenters. The van der Waals surface area contributed by atoms with Gasteiger partial charge in [0.2, 0.25) is 6.79 Å². The molecule has 0 radical (unpaired) electrons. The van der Waals surface area contributed by atoms with Gasteiger partial charge in [0.15, 0.2) is 11.5 Å². The van der Waals surface area contributed by atoms with E-state index in [4.69, 9.17) is 9.47 Å². The van der Waals surface area contributed by atoms with Gasteiger partial charge in [-0.2, -0.15) is 0 Å². The molecule has 20 heavy (non-hydrogen) atoms. The van der Waals surface area contributed by atoms with Crippen molar-refractivity contribution in [3.05, 3.63) is 18.2 Å². The second kappa shape index (κ2) is 6.05. The first-order valence-corrected chi connectivity index (χ1v) is 5.77. The summed E-state index contributed by atoms with van der Waals surface area (Å²) in [5, 5.41) is 0. The van der Waals surface area contributed by atoms with Crippen LogP contribution in [0.3, 0.4) is 0 Å². The normalized spacial score (nSPS) is 13.0. The molecule has 1 aromatic carbocycles. The summed E-state index contributed by atoms with van der Waals surface area (Å²) in [5.41, 5.74) is 0.326. The molecule has 0 aromatic heterocycles. The zero-order chi connectivity index (χ0) is 14.5. The fourth-order valence-corrected chi connectivity index (χ4v) is 1.63. The standard InChI is InChI=1S/C13H13NO6/c1-17-11(15)6-9(13(16)18-2)14-8-4-3-5-10-12(8)20-7-19-10/h3-5H,6-7H2,1-2H3. The first-order chi connectivity index (χ1) is 9.65. The summed E-state index contributed by atoms with van der Waals surface area (Å²) in [4.78, 5) is 27.1. The molecular formula is C13H13NO6. The Morgan fingerprint density at radius 2 is 2.05 bits per heavy atom. The molecule has 1 aliphatic rings. The first-order valence-electron chi connectivity index (χ1n) is 5.77. The van der Waals surface area contributed by atoms with E-state index >= 15 is 0 Å². The SMILES string of the molecule is COC(=O)CC(=Nc1cccc2c1OCO2)C(=O)OC. The number of para-hydroxylation sites is 1. The smallest absolute Gasteiger partial charge is 0.353 e. The fourth-order valence-electron chi connectivity index (χ4n) is 1.63. The Labute approximate surface area is 115 Å². The largest absolute Gasteiger partial charge is 0.469 e. The van der Waals surface area contributed by atoms with Crippen LogP contribution in [-0.4, -0.2) is 38.7 Å². The van der Waals surface area contributed by atoms with Crippen molar-refractivity contribution in [1.29, 1.82) is 0 Å². The average molecular weight is 279 g/mol. The van der Waals surface area contributed by atoms with Crippen molar-refractivity contribution in [2.24, 2.45) is 4.99 Å². The van der Waals surface area contributed by atoms with Crippen molar-refractivity contribution >= 4 is 23.3 Å². The molecule has 0 bridgehead atoms. The van der Waals surface area contributed by atoms with Gasteiger partial charge in [-0.3, -0.25) is 4.79 Å². The molecule has 1 aliphatic heterocycles. The van der Waals surface area contributed by atoms with Crippen LogP contribution in [0.1, 0.15) is 6.42 Å². The van der Waals surface area contributed by atoms with Crippen LogP contribution in [0.15, 0.2) is 23.2 Å². The van der Waals surface area contributed by atoms with Gasteiger partial charge in [-0.15, -0.1) is 0 Å². The number of benzene rings is 1. The van der Waals surface area contributed by atoms with Crippen LogP contribution in [0.2, 0.25) is 0 Å². The molecule has 106 valence electrons. The number of fused-ring (bicyclic) bond motifs is 1. The van der Waals surface area contributed by atoms with Crippen molar-refractivity contribution in [3.8, 4) is 11.5 Å². The van der Waals surface area contributed by atoms with Gasteiger partial charge in [-0.05, 0) is 12.1 Å². The number of hydrogen-bond donors (Lipinski definition) is 0. The average Bonchev–Trinajstić information content (AvgIpc) is 2.94. The van der Waals surface area contributed by atoms with Gasteiger partial charge in [0.25, 0.3) is 0 Å². The van der Waals surface area contributed by atoms with E-state index in [2.05, 4.69) is 14.5 Å². The Hall–Kier alpha value is -2.57. The van der Waals surface area contributed by atoms with E-state index < -0.39 is 11.9 Å². The van der Waals surface area contributed by atoms with E-state index in [0.717, 1.165) is 0 Å². The lowest BCUT2D eigenvalue weighted by Crippen LogP contribution is -2.20. The summed E-state index contributed by atoms with van der Waals surface area (Å²) in [6, 6.07) is 5.08. The van der Waals surface area contributed by atoms with Crippen molar-refractivity contribution < 1.29 is 28.5 Å². The molecule has 0 amide bonds. The maximum absolute atomic E-state index is 11.6. The first kappa shape index (κ1) is 13.9. The van der Waals surface area contributed by atoms with Crippen LogP contribution in [0, 0.1) is 0 Å². The molecule has 7 heteroatoms. The highest BCUT2D eigenvalue weighted by Crippen LogP contribution is 2.40. The number of ether oxygens (including phenoxy) is 4. The molecule has 1 heterocycles. The maximum Gasteiger partial charge on any atom is 0.353 e. The van der Waals surface area contributed by atoms with Crippen molar-refractivity contribution in [3.63, 3.8) is 0 Å². The van der Waals surface area contributed by atoms with Crippen LogP contribution in [0.25, 0.3) is 0 Å². The molecule has 0 unspecified atom stereocenters. The number of hydrogen-bond acceptors (Lipinski definition) is 7. The maximum atomic E-state index is 11.6. The van der Waals surface area contributed by atoms with Gasteiger partial charge in [0.05, 0.1) is 20.6 Å². The number of methoxy groups -OCH3 is 2. The highest BCUT2D eigenvalue weighted by Gasteiger charge is 2.21. The van der Waals surface area contributed by atoms with Gasteiger partial charge in [0.1, 0.15) is 11.4 Å². The van der Waals surface area contributed by atoms with Crippen LogP contribution < -0.4 is 9.47 Å². The Bertz CT molecular complexity index is 566. The van der Waals surface area contributed by atoms with E-state index in [0.29, 0.717) is 17.2 Å². The lowest BCUT2D eigenvalue weighted by Gasteiger charge is -2.05. The Balaban J connectivity index is 2.35. The molecule has 0 spiro atoms. The van der Waals surface area contributed by atoms with Gasteiger partial charge in [-0.1, -0.05) is 6.07 Å². The quantitative estimate of drug-likeness (QED) is 0.608. The van der Waals surface area contributed by atoms with Crippen LogP contribution in [0.4, 0.5) is 5.69 Å². The summed E-state index contributed by atoms with van der Waals surface area (Å²) in [6.45, 7) is 0.0897. The van der Waals surface area contributed by atoms with Crippen molar-refractivity contribution in [2.75, 3.05) is 21.0 Å². The van der Waals surface area contributed by atoms with E-state index in [1.54, 1.807) is 18.2 Å². The molecule has 7 nitrogen and oxygen atoms in total. The Morgan fingerprint density at radius 3 is 2.75 bits per heavy atom. The van der Waals surface area contributed by atoms with Gasteiger partial charge in [-0.25, -0.2) is 9.79 Å². The van der Waals surface area contributed by atoms with Crippen LogP contribution >= 0.6 is 0 Å². The van der Waals surface area contributed by atoms with Crippen LogP contribution in [-0.2, 0) is 19.1 Å². The van der Waals surface area contributed by atoms with Gasteiger partial charge in [0, 0.05) is 0 Å². The van der Waals surface area contributed by atoms with Crippen molar-refractivity contribution in [1.82, 2.24) is 0 Å². The number of aliphatic imine (C=N–C) groups is 1. The van der Waals surface area contributed by atoms with E-state index in [9.17, 15) is 9.59 Å². The number of carbonyl (C=O) groups excluding carboxylic acids is 2. The molecule has 0 saturated carbocycles. The van der Waals surface area contributed by atoms with Gasteiger partial charge >= 0.3 is 11.9 Å². The van der Waals surface area contributed by atoms with Gasteiger partial charge < -0.3 is 18.9 Å². The van der Waals surface area contributed by atoms with E-state index in [-0.39, 0.29) is 18.9 Å². The zero-order valence-electron chi connectivity index (χ0n) is 11.0. The highest BCUT2D eigenvalue weighted by molar-refractivity contribution is 6.39. The lowest BCUT2D eigenvalue weighted by molar-refractivity contribution is -0.140. The predicted molar refractivity (Wildman–Crippen MR) is 68.3 cm³/mol. The van der Waals surface area contributed by atoms with E-state index in [1.165, 1.54) is 14.2 Å². The topological polar surface area (TPSA) is 83.4 Å². The highest BCUT2D eigenvalue weighted by atomic mass is 16.7. The second-order valence-electron chi connectivity index (χ2n) is 3.81. The molecule has 0 saturated heterocycles. The Morgan fingerprint density at radius 1 is 1.25 bits per heavy atom. The summed E-state index contributed by atoms with van der Waals surface area (Å²) < 4.78 is 19.6. The summed E-state index contributed by atoms with van der Waals surface area (Å²) >= 11 is 0. The molecule has 2 rings (SSSR count). The number of nitrogens with zero attached hydrogens (tertiary/aromatic N) is 1. The predicted octanol–water partition coefficient (Wildman–Crippen LogP) is 1.22. The summed E-state index contributed by atoms with van der Waals surface area (Å²) in [5.74, 6) is -0.321. The Kier molecular flexibility index (Phi) is 4.19. The minimum atomic E-state index is -0.702. The molecule has 1 aromatic rings. The van der Waals surface area contributed by atoms with Crippen molar-refractivity contribution in [2.45, 2.75) is 6.42 Å². The zero-order valence-corrected chi connectivity index (χ0v) is 11.0. The second-order valence-corrected chi connectivity index (χ2v) is 3.81. The molecular weight excluding hydrogens is 266 g/mol. The fraction of sp³-hybridized carbons (Fsp3) is 0.308. The minimum Gasteiger partial charge on any atom is -0.469 e. The third-order valence-corrected chi connectivity index (χ3v) is 2.59. The van der Waals surface area contributed by atoms with E-state index in [1.807, 2.05) is 0 Å². The third kappa shape index (κ3) is 2.87.